The molecule has 23 heavy (non-hydrogen) atoms. The number of hydrogen-bond donors (Lipinski definition) is 2. The van der Waals surface area contributed by atoms with Crippen LogP contribution in [0.2, 0.25) is 0 Å². The second kappa shape index (κ2) is 9.26. The van der Waals surface area contributed by atoms with E-state index in [1.165, 1.54) is 17.5 Å². The first kappa shape index (κ1) is 18.2. The Morgan fingerprint density at radius 3 is 2.87 bits per heavy atom. The van der Waals surface area contributed by atoms with Crippen molar-refractivity contribution in [2.45, 2.75) is 31.6 Å². The lowest BCUT2D eigenvalue weighted by molar-refractivity contribution is -0.121. The molecule has 0 bridgehead atoms. The molecular formula is C18H28ClN3O. The smallest absolute Gasteiger partial charge is 0.220 e. The van der Waals surface area contributed by atoms with E-state index in [0.717, 1.165) is 52.1 Å². The first-order chi connectivity index (χ1) is 10.8. The van der Waals surface area contributed by atoms with Crippen LogP contribution in [-0.2, 0) is 11.2 Å². The van der Waals surface area contributed by atoms with E-state index in [-0.39, 0.29) is 18.3 Å². The monoisotopic (exact) mass is 337 g/mol. The van der Waals surface area contributed by atoms with Crippen LogP contribution in [0.4, 0.5) is 0 Å². The third kappa shape index (κ3) is 5.20. The van der Waals surface area contributed by atoms with Gasteiger partial charge in [-0.2, -0.15) is 0 Å². The molecule has 1 saturated heterocycles. The first-order valence-electron chi connectivity index (χ1n) is 8.60. The summed E-state index contributed by atoms with van der Waals surface area (Å²) < 4.78 is 0. The van der Waals surface area contributed by atoms with Crippen molar-refractivity contribution >= 4 is 18.3 Å². The van der Waals surface area contributed by atoms with Crippen LogP contribution < -0.4 is 10.6 Å². The van der Waals surface area contributed by atoms with Crippen molar-refractivity contribution in [2.75, 3.05) is 39.3 Å². The van der Waals surface area contributed by atoms with Gasteiger partial charge in [-0.25, -0.2) is 0 Å². The van der Waals surface area contributed by atoms with Gasteiger partial charge < -0.3 is 10.6 Å². The zero-order valence-electron chi connectivity index (χ0n) is 13.7. The number of carbonyl (C=O) groups is 1. The van der Waals surface area contributed by atoms with Gasteiger partial charge in [-0.05, 0) is 36.3 Å². The Morgan fingerprint density at radius 2 is 2.04 bits per heavy atom. The minimum atomic E-state index is 0. The van der Waals surface area contributed by atoms with Crippen LogP contribution in [0, 0.1) is 0 Å². The lowest BCUT2D eigenvalue weighted by Crippen LogP contribution is -2.46. The lowest BCUT2D eigenvalue weighted by Gasteiger charge is -2.27. The van der Waals surface area contributed by atoms with Crippen LogP contribution in [0.5, 0.6) is 0 Å². The fourth-order valence-electron chi connectivity index (χ4n) is 3.65. The number of carbonyl (C=O) groups excluding carboxylic acids is 1. The Labute approximate surface area is 145 Å². The van der Waals surface area contributed by atoms with Crippen LogP contribution >= 0.6 is 12.4 Å². The normalized spacial score (nSPS) is 21.1. The molecule has 4 nitrogen and oxygen atoms in total. The van der Waals surface area contributed by atoms with Gasteiger partial charge in [0, 0.05) is 45.7 Å². The average Bonchev–Trinajstić information content (AvgIpc) is 2.56. The number of aryl methyl sites for hydroxylation is 1. The molecule has 2 aliphatic rings. The molecule has 0 saturated carbocycles. The number of nitrogens with zero attached hydrogens (tertiary/aromatic N) is 1. The van der Waals surface area contributed by atoms with Gasteiger partial charge in [-0.3, -0.25) is 9.69 Å². The summed E-state index contributed by atoms with van der Waals surface area (Å²) in [6, 6.07) is 8.62. The molecule has 1 aromatic rings. The summed E-state index contributed by atoms with van der Waals surface area (Å²) in [6.07, 6.45) is 4.15. The molecule has 0 spiro atoms. The van der Waals surface area contributed by atoms with Crippen molar-refractivity contribution in [1.82, 2.24) is 15.5 Å². The maximum atomic E-state index is 12.2. The summed E-state index contributed by atoms with van der Waals surface area (Å²) in [4.78, 5) is 14.6. The molecule has 5 heteroatoms. The second-order valence-electron chi connectivity index (χ2n) is 6.43. The topological polar surface area (TPSA) is 44.4 Å². The van der Waals surface area contributed by atoms with Gasteiger partial charge in [0.05, 0.1) is 0 Å². The molecule has 128 valence electrons. The van der Waals surface area contributed by atoms with E-state index < -0.39 is 0 Å². The van der Waals surface area contributed by atoms with Gasteiger partial charge in [0.25, 0.3) is 0 Å². The van der Waals surface area contributed by atoms with Crippen molar-refractivity contribution in [2.24, 2.45) is 0 Å². The standard InChI is InChI=1S/C18H27N3O.ClH/c22-18(20-10-13-21-11-8-19-9-12-21)14-16-6-3-5-15-4-1-2-7-17(15)16;/h1-2,4,7,16,19H,3,5-6,8-14H2,(H,20,22);1H. The van der Waals surface area contributed by atoms with E-state index >= 15 is 0 Å². The van der Waals surface area contributed by atoms with Gasteiger partial charge in [0.1, 0.15) is 0 Å². The molecule has 1 unspecified atom stereocenters. The van der Waals surface area contributed by atoms with Crippen molar-refractivity contribution in [3.8, 4) is 0 Å². The minimum absolute atomic E-state index is 0. The van der Waals surface area contributed by atoms with Gasteiger partial charge in [-0.1, -0.05) is 24.3 Å². The summed E-state index contributed by atoms with van der Waals surface area (Å²) in [7, 11) is 0. The third-order valence-electron chi connectivity index (χ3n) is 4.89. The zero-order valence-corrected chi connectivity index (χ0v) is 14.5. The Kier molecular flexibility index (Phi) is 7.34. The molecule has 1 aromatic carbocycles. The Hall–Kier alpha value is -1.10. The summed E-state index contributed by atoms with van der Waals surface area (Å²) in [5.41, 5.74) is 2.83. The first-order valence-corrected chi connectivity index (χ1v) is 8.60. The fraction of sp³-hybridized carbons (Fsp3) is 0.611. The van der Waals surface area contributed by atoms with Crippen molar-refractivity contribution < 1.29 is 4.79 Å². The highest BCUT2D eigenvalue weighted by molar-refractivity contribution is 5.85. The van der Waals surface area contributed by atoms with E-state index in [9.17, 15) is 4.79 Å². The van der Waals surface area contributed by atoms with E-state index in [0.29, 0.717) is 12.3 Å². The SMILES string of the molecule is Cl.O=C(CC1CCCc2ccccc21)NCCN1CCNCC1. The lowest BCUT2D eigenvalue weighted by atomic mass is 9.81. The van der Waals surface area contributed by atoms with Gasteiger partial charge >= 0.3 is 0 Å². The molecular weight excluding hydrogens is 310 g/mol. The van der Waals surface area contributed by atoms with Crippen LogP contribution in [0.1, 0.15) is 36.3 Å². The molecule has 1 aliphatic heterocycles. The maximum Gasteiger partial charge on any atom is 0.220 e. The Balaban J connectivity index is 0.00000192. The van der Waals surface area contributed by atoms with Crippen LogP contribution in [-0.4, -0.2) is 50.1 Å². The highest BCUT2D eigenvalue weighted by Crippen LogP contribution is 2.33. The number of piperazine rings is 1. The van der Waals surface area contributed by atoms with Crippen LogP contribution in [0.25, 0.3) is 0 Å². The van der Waals surface area contributed by atoms with Gasteiger partial charge in [0.15, 0.2) is 0 Å². The van der Waals surface area contributed by atoms with Crippen molar-refractivity contribution in [1.29, 1.82) is 0 Å². The number of amides is 1. The van der Waals surface area contributed by atoms with Gasteiger partial charge in [0.2, 0.25) is 5.91 Å². The van der Waals surface area contributed by atoms with Gasteiger partial charge in [-0.15, -0.1) is 12.4 Å². The number of benzene rings is 1. The molecule has 1 amide bonds. The maximum absolute atomic E-state index is 12.2. The number of nitrogens with one attached hydrogen (secondary N) is 2. The second-order valence-corrected chi connectivity index (χ2v) is 6.43. The molecule has 1 heterocycles. The highest BCUT2D eigenvalue weighted by atomic mass is 35.5. The molecule has 0 aromatic heterocycles. The molecule has 0 radical (unpaired) electrons. The van der Waals surface area contributed by atoms with E-state index in [4.69, 9.17) is 0 Å². The number of fused-ring (bicyclic) bond motifs is 1. The average molecular weight is 338 g/mol. The summed E-state index contributed by atoms with van der Waals surface area (Å²) in [6.45, 7) is 6.04. The Morgan fingerprint density at radius 1 is 1.26 bits per heavy atom. The fourth-order valence-corrected chi connectivity index (χ4v) is 3.65. The highest BCUT2D eigenvalue weighted by Gasteiger charge is 2.22. The molecule has 1 fully saturated rings. The number of halogens is 1. The van der Waals surface area contributed by atoms with Crippen molar-refractivity contribution in [3.05, 3.63) is 35.4 Å². The summed E-state index contributed by atoms with van der Waals surface area (Å²) in [5.74, 6) is 0.612. The van der Waals surface area contributed by atoms with Crippen molar-refractivity contribution in [3.63, 3.8) is 0 Å². The molecule has 2 N–H and O–H groups in total. The van der Waals surface area contributed by atoms with Crippen LogP contribution in [0.15, 0.2) is 24.3 Å². The molecule has 3 rings (SSSR count). The predicted molar refractivity (Wildman–Crippen MR) is 96.3 cm³/mol. The minimum Gasteiger partial charge on any atom is -0.355 e. The zero-order chi connectivity index (χ0) is 15.2. The number of rotatable bonds is 5. The Bertz CT molecular complexity index is 503. The van der Waals surface area contributed by atoms with Crippen LogP contribution in [0.3, 0.4) is 0 Å². The predicted octanol–water partition coefficient (Wildman–Crippen LogP) is 1.94. The summed E-state index contributed by atoms with van der Waals surface area (Å²) in [5, 5.41) is 6.46. The third-order valence-corrected chi connectivity index (χ3v) is 4.89. The quantitative estimate of drug-likeness (QED) is 0.863. The summed E-state index contributed by atoms with van der Waals surface area (Å²) >= 11 is 0. The van der Waals surface area contributed by atoms with E-state index in [1.807, 2.05) is 0 Å². The number of hydrogen-bond acceptors (Lipinski definition) is 3. The van der Waals surface area contributed by atoms with E-state index in [2.05, 4.69) is 39.8 Å². The van der Waals surface area contributed by atoms with E-state index in [1.54, 1.807) is 0 Å². The molecule has 1 aliphatic carbocycles. The largest absolute Gasteiger partial charge is 0.355 e. The molecule has 1 atom stereocenters.